The summed E-state index contributed by atoms with van der Waals surface area (Å²) in [6.45, 7) is 4.14. The summed E-state index contributed by atoms with van der Waals surface area (Å²) in [7, 11) is 0. The quantitative estimate of drug-likeness (QED) is 0.698. The van der Waals surface area contributed by atoms with Crippen LogP contribution in [0.2, 0.25) is 0 Å². The van der Waals surface area contributed by atoms with E-state index < -0.39 is 0 Å². The zero-order valence-corrected chi connectivity index (χ0v) is 7.58. The van der Waals surface area contributed by atoms with E-state index in [1.807, 2.05) is 31.2 Å². The highest BCUT2D eigenvalue weighted by molar-refractivity contribution is 5.43. The Morgan fingerprint density at radius 2 is 2.25 bits per heavy atom. The molecule has 2 nitrogen and oxygen atoms in total. The third-order valence-electron chi connectivity index (χ3n) is 1.77. The van der Waals surface area contributed by atoms with Gasteiger partial charge >= 0.3 is 0 Å². The van der Waals surface area contributed by atoms with Crippen LogP contribution in [0.25, 0.3) is 0 Å². The van der Waals surface area contributed by atoms with E-state index in [9.17, 15) is 0 Å². The van der Waals surface area contributed by atoms with Crippen LogP contribution in [0.15, 0.2) is 24.3 Å². The zero-order valence-electron chi connectivity index (χ0n) is 7.58. The van der Waals surface area contributed by atoms with Crippen LogP contribution in [0.3, 0.4) is 0 Å². The van der Waals surface area contributed by atoms with Gasteiger partial charge in [-0.2, -0.15) is 0 Å². The highest BCUT2D eigenvalue weighted by atomic mass is 16.5. The molecule has 1 atom stereocenters. The van der Waals surface area contributed by atoms with Crippen molar-refractivity contribution in [1.82, 2.24) is 0 Å². The molecule has 0 saturated heterocycles. The topological polar surface area (TPSA) is 35.2 Å². The Bertz CT molecular complexity index is 247. The molecule has 66 valence electrons. The number of hydrogen-bond acceptors (Lipinski definition) is 2. The van der Waals surface area contributed by atoms with Crippen molar-refractivity contribution in [3.63, 3.8) is 0 Å². The first-order valence-electron chi connectivity index (χ1n) is 4.24. The van der Waals surface area contributed by atoms with E-state index in [0.29, 0.717) is 0 Å². The minimum atomic E-state index is 0.256. The first-order valence-corrected chi connectivity index (χ1v) is 4.24. The number of ether oxygens (including phenoxy) is 1. The lowest BCUT2D eigenvalue weighted by Crippen LogP contribution is -2.09. The van der Waals surface area contributed by atoms with Crippen LogP contribution < -0.4 is 10.5 Å². The third kappa shape index (κ3) is 2.46. The van der Waals surface area contributed by atoms with Crippen LogP contribution in [0, 0.1) is 0 Å². The number of benzene rings is 1. The van der Waals surface area contributed by atoms with Gasteiger partial charge in [0.2, 0.25) is 0 Å². The number of nitrogen functional groups attached to an aromatic ring is 1. The second kappa shape index (κ2) is 4.00. The highest BCUT2D eigenvalue weighted by Gasteiger charge is 1.99. The van der Waals surface area contributed by atoms with E-state index in [-0.39, 0.29) is 6.10 Å². The van der Waals surface area contributed by atoms with E-state index in [4.69, 9.17) is 10.5 Å². The summed E-state index contributed by atoms with van der Waals surface area (Å²) in [5, 5.41) is 0. The van der Waals surface area contributed by atoms with E-state index in [1.54, 1.807) is 0 Å². The van der Waals surface area contributed by atoms with Gasteiger partial charge in [0.05, 0.1) is 6.10 Å². The number of hydrogen-bond donors (Lipinski definition) is 1. The Morgan fingerprint density at radius 3 is 2.83 bits per heavy atom. The Morgan fingerprint density at radius 1 is 1.50 bits per heavy atom. The van der Waals surface area contributed by atoms with Gasteiger partial charge < -0.3 is 10.5 Å². The fourth-order valence-electron chi connectivity index (χ4n) is 0.903. The lowest BCUT2D eigenvalue weighted by atomic mass is 10.3. The molecular formula is C10H15NO. The van der Waals surface area contributed by atoms with Crippen molar-refractivity contribution in [3.8, 4) is 5.75 Å². The first-order chi connectivity index (χ1) is 5.72. The zero-order chi connectivity index (χ0) is 8.97. The normalized spacial score (nSPS) is 12.5. The minimum absolute atomic E-state index is 0.256. The summed E-state index contributed by atoms with van der Waals surface area (Å²) >= 11 is 0. The van der Waals surface area contributed by atoms with E-state index in [0.717, 1.165) is 17.9 Å². The van der Waals surface area contributed by atoms with Crippen LogP contribution in [-0.4, -0.2) is 6.10 Å². The average Bonchev–Trinajstić information content (AvgIpc) is 2.04. The van der Waals surface area contributed by atoms with E-state index in [1.165, 1.54) is 0 Å². The monoisotopic (exact) mass is 165 g/mol. The molecule has 2 heteroatoms. The van der Waals surface area contributed by atoms with Gasteiger partial charge in [-0.25, -0.2) is 0 Å². The maximum Gasteiger partial charge on any atom is 0.121 e. The van der Waals surface area contributed by atoms with Gasteiger partial charge in [-0.15, -0.1) is 0 Å². The molecule has 0 aromatic heterocycles. The van der Waals surface area contributed by atoms with E-state index >= 15 is 0 Å². The summed E-state index contributed by atoms with van der Waals surface area (Å²) in [4.78, 5) is 0. The standard InChI is InChI=1S/C10H15NO/c1-3-8(2)12-10-6-4-5-9(11)7-10/h4-8H,3,11H2,1-2H3/t8-/m0/s1. The summed E-state index contributed by atoms with van der Waals surface area (Å²) < 4.78 is 5.56. The fraction of sp³-hybridized carbons (Fsp3) is 0.400. The average molecular weight is 165 g/mol. The summed E-state index contributed by atoms with van der Waals surface area (Å²) in [5.41, 5.74) is 6.34. The number of nitrogens with two attached hydrogens (primary N) is 1. The van der Waals surface area contributed by atoms with Crippen LogP contribution in [0.5, 0.6) is 5.75 Å². The van der Waals surface area contributed by atoms with Gasteiger partial charge in [-0.3, -0.25) is 0 Å². The molecule has 0 spiro atoms. The van der Waals surface area contributed by atoms with Crippen molar-refractivity contribution in [2.24, 2.45) is 0 Å². The molecule has 0 radical (unpaired) electrons. The van der Waals surface area contributed by atoms with Gasteiger partial charge in [-0.05, 0) is 25.5 Å². The molecule has 0 fully saturated rings. The largest absolute Gasteiger partial charge is 0.491 e. The molecule has 12 heavy (non-hydrogen) atoms. The van der Waals surface area contributed by atoms with Crippen LogP contribution in [-0.2, 0) is 0 Å². The number of rotatable bonds is 3. The molecular weight excluding hydrogens is 150 g/mol. The first kappa shape index (κ1) is 8.91. The maximum absolute atomic E-state index is 5.60. The van der Waals surface area contributed by atoms with Crippen LogP contribution >= 0.6 is 0 Å². The Hall–Kier alpha value is -1.18. The molecule has 0 aliphatic rings. The molecule has 0 aliphatic heterocycles. The van der Waals surface area contributed by atoms with Crippen molar-refractivity contribution in [2.45, 2.75) is 26.4 Å². The number of anilines is 1. The van der Waals surface area contributed by atoms with Crippen molar-refractivity contribution in [1.29, 1.82) is 0 Å². The lowest BCUT2D eigenvalue weighted by Gasteiger charge is -2.12. The summed E-state index contributed by atoms with van der Waals surface area (Å²) in [6.07, 6.45) is 1.27. The molecule has 2 N–H and O–H groups in total. The van der Waals surface area contributed by atoms with Gasteiger partial charge in [-0.1, -0.05) is 13.0 Å². The van der Waals surface area contributed by atoms with Crippen LogP contribution in [0.4, 0.5) is 5.69 Å². The molecule has 0 amide bonds. The van der Waals surface area contributed by atoms with E-state index in [2.05, 4.69) is 6.92 Å². The van der Waals surface area contributed by atoms with Crippen LogP contribution in [0.1, 0.15) is 20.3 Å². The molecule has 0 heterocycles. The van der Waals surface area contributed by atoms with Gasteiger partial charge in [0.25, 0.3) is 0 Å². The fourth-order valence-corrected chi connectivity index (χ4v) is 0.903. The van der Waals surface area contributed by atoms with Crippen molar-refractivity contribution in [3.05, 3.63) is 24.3 Å². The lowest BCUT2D eigenvalue weighted by molar-refractivity contribution is 0.217. The Kier molecular flexibility index (Phi) is 2.97. The SMILES string of the molecule is CC[C@H](C)Oc1cccc(N)c1. The van der Waals surface area contributed by atoms with Gasteiger partial charge in [0, 0.05) is 11.8 Å². The molecule has 0 bridgehead atoms. The summed E-state index contributed by atoms with van der Waals surface area (Å²) in [6, 6.07) is 7.51. The van der Waals surface area contributed by atoms with Crippen molar-refractivity contribution < 1.29 is 4.74 Å². The van der Waals surface area contributed by atoms with Gasteiger partial charge in [0.15, 0.2) is 0 Å². The molecule has 1 rings (SSSR count). The molecule has 0 aliphatic carbocycles. The highest BCUT2D eigenvalue weighted by Crippen LogP contribution is 2.16. The smallest absolute Gasteiger partial charge is 0.121 e. The second-order valence-electron chi connectivity index (χ2n) is 2.91. The molecule has 0 unspecified atom stereocenters. The molecule has 1 aromatic rings. The van der Waals surface area contributed by atoms with Gasteiger partial charge in [0.1, 0.15) is 5.75 Å². The maximum atomic E-state index is 5.60. The summed E-state index contributed by atoms with van der Waals surface area (Å²) in [5.74, 6) is 0.851. The molecule has 0 saturated carbocycles. The predicted molar refractivity (Wildman–Crippen MR) is 51.2 cm³/mol. The Labute approximate surface area is 73.3 Å². The second-order valence-corrected chi connectivity index (χ2v) is 2.91. The molecule has 1 aromatic carbocycles. The third-order valence-corrected chi connectivity index (χ3v) is 1.77. The predicted octanol–water partition coefficient (Wildman–Crippen LogP) is 2.45. The Balaban J connectivity index is 2.63. The van der Waals surface area contributed by atoms with Crippen molar-refractivity contribution >= 4 is 5.69 Å². The minimum Gasteiger partial charge on any atom is -0.491 e. The van der Waals surface area contributed by atoms with Crippen molar-refractivity contribution in [2.75, 3.05) is 5.73 Å².